The second-order valence-electron chi connectivity index (χ2n) is 9.26. The van der Waals surface area contributed by atoms with Crippen LogP contribution in [0.4, 0.5) is 4.79 Å². The van der Waals surface area contributed by atoms with Gasteiger partial charge in [0.1, 0.15) is 19.3 Å². The maximum Gasteiger partial charge on any atom is 0.410 e. The molecule has 5 rings (SSSR count). The van der Waals surface area contributed by atoms with Gasteiger partial charge in [-0.3, -0.25) is 4.90 Å². The number of cyclic esters (lactones) is 1. The Bertz CT molecular complexity index is 949. The molecule has 2 unspecified atom stereocenters. The van der Waals surface area contributed by atoms with Crippen molar-refractivity contribution >= 4 is 22.0 Å². The third-order valence-corrected chi connectivity index (χ3v) is 7.60. The average Bonchev–Trinajstić information content (AvgIpc) is 3.18. The molecular formula is C26H31BrN2O4. The predicted molar refractivity (Wildman–Crippen MR) is 130 cm³/mol. The number of hydrogen-bond donors (Lipinski definition) is 0. The summed E-state index contributed by atoms with van der Waals surface area (Å²) in [6, 6.07) is 16.4. The van der Waals surface area contributed by atoms with Crippen LogP contribution >= 0.6 is 15.9 Å². The summed E-state index contributed by atoms with van der Waals surface area (Å²) in [5.74, 6) is 2.27. The Balaban J connectivity index is 1.06. The van der Waals surface area contributed by atoms with Crippen molar-refractivity contribution in [1.29, 1.82) is 0 Å². The molecule has 2 aromatic rings. The van der Waals surface area contributed by atoms with Gasteiger partial charge in [-0.15, -0.1) is 0 Å². The van der Waals surface area contributed by atoms with E-state index in [1.54, 1.807) is 0 Å². The fourth-order valence-corrected chi connectivity index (χ4v) is 5.55. The summed E-state index contributed by atoms with van der Waals surface area (Å²) in [7, 11) is 0. The fourth-order valence-electron chi connectivity index (χ4n) is 5.09. The Labute approximate surface area is 203 Å². The number of carbonyl (C=O) groups is 1. The Morgan fingerprint density at radius 2 is 1.79 bits per heavy atom. The topological polar surface area (TPSA) is 51.2 Å². The molecule has 7 heteroatoms. The van der Waals surface area contributed by atoms with Gasteiger partial charge in [0.2, 0.25) is 0 Å². The van der Waals surface area contributed by atoms with E-state index in [1.165, 1.54) is 5.56 Å². The molecule has 0 N–H and O–H groups in total. The van der Waals surface area contributed by atoms with Crippen molar-refractivity contribution in [3.8, 4) is 11.5 Å². The van der Waals surface area contributed by atoms with Crippen LogP contribution in [-0.2, 0) is 11.2 Å². The summed E-state index contributed by atoms with van der Waals surface area (Å²) in [5, 5.41) is 0. The Hall–Kier alpha value is -2.25. The van der Waals surface area contributed by atoms with Crippen LogP contribution in [0.1, 0.15) is 24.8 Å². The van der Waals surface area contributed by atoms with Crippen molar-refractivity contribution in [2.75, 3.05) is 39.4 Å². The molecule has 1 amide bonds. The van der Waals surface area contributed by atoms with Gasteiger partial charge in [0.25, 0.3) is 0 Å². The van der Waals surface area contributed by atoms with E-state index in [-0.39, 0.29) is 18.2 Å². The molecule has 2 atom stereocenters. The second kappa shape index (κ2) is 10.3. The molecule has 0 aliphatic carbocycles. The highest BCUT2D eigenvalue weighted by Crippen LogP contribution is 2.38. The lowest BCUT2D eigenvalue weighted by Gasteiger charge is -2.36. The summed E-state index contributed by atoms with van der Waals surface area (Å²) in [6.45, 7) is 4.87. The first-order valence-electron chi connectivity index (χ1n) is 11.9. The third-order valence-electron chi connectivity index (χ3n) is 6.97. The van der Waals surface area contributed by atoms with Gasteiger partial charge in [0, 0.05) is 13.1 Å². The summed E-state index contributed by atoms with van der Waals surface area (Å²) in [4.78, 5) is 16.7. The minimum atomic E-state index is -0.158. The van der Waals surface area contributed by atoms with Crippen LogP contribution in [0.5, 0.6) is 11.5 Å². The van der Waals surface area contributed by atoms with E-state index < -0.39 is 0 Å². The van der Waals surface area contributed by atoms with Gasteiger partial charge in [-0.1, -0.05) is 36.4 Å². The average molecular weight is 515 g/mol. The second-order valence-corrected chi connectivity index (χ2v) is 10.1. The van der Waals surface area contributed by atoms with E-state index in [9.17, 15) is 4.79 Å². The summed E-state index contributed by atoms with van der Waals surface area (Å²) in [5.41, 5.74) is 1.25. The Morgan fingerprint density at radius 3 is 2.61 bits per heavy atom. The first kappa shape index (κ1) is 22.5. The summed E-state index contributed by atoms with van der Waals surface area (Å²) < 4.78 is 18.4. The maximum atomic E-state index is 12.3. The van der Waals surface area contributed by atoms with Gasteiger partial charge < -0.3 is 19.1 Å². The zero-order valence-electron chi connectivity index (χ0n) is 18.8. The SMILES string of the molecule is O=C1OCC(Cc2ccccc2)N1CCC1CCN(CC2COc3c(Br)cccc3O2)CC1. The van der Waals surface area contributed by atoms with E-state index in [4.69, 9.17) is 14.2 Å². The molecule has 0 spiro atoms. The number of likely N-dealkylation sites (tertiary alicyclic amines) is 1. The number of benzene rings is 2. The molecule has 0 bridgehead atoms. The lowest BCUT2D eigenvalue weighted by molar-refractivity contribution is 0.0461. The molecule has 0 aromatic heterocycles. The zero-order chi connectivity index (χ0) is 22.6. The number of halogens is 1. The minimum absolute atomic E-state index is 0.0569. The van der Waals surface area contributed by atoms with Crippen LogP contribution < -0.4 is 9.47 Å². The lowest BCUT2D eigenvalue weighted by atomic mass is 9.93. The number of hydrogen-bond acceptors (Lipinski definition) is 5. The highest BCUT2D eigenvalue weighted by Gasteiger charge is 2.34. The van der Waals surface area contributed by atoms with Gasteiger partial charge in [-0.05, 0) is 78.3 Å². The highest BCUT2D eigenvalue weighted by molar-refractivity contribution is 9.10. The van der Waals surface area contributed by atoms with Gasteiger partial charge in [-0.2, -0.15) is 0 Å². The van der Waals surface area contributed by atoms with Crippen LogP contribution in [0.15, 0.2) is 53.0 Å². The van der Waals surface area contributed by atoms with E-state index in [2.05, 4.69) is 33.0 Å². The van der Waals surface area contributed by atoms with E-state index in [0.717, 1.165) is 67.8 Å². The van der Waals surface area contributed by atoms with Gasteiger partial charge in [0.05, 0.1) is 10.5 Å². The molecule has 2 aromatic carbocycles. The molecule has 3 aliphatic rings. The van der Waals surface area contributed by atoms with Gasteiger partial charge >= 0.3 is 6.09 Å². The maximum absolute atomic E-state index is 12.3. The Morgan fingerprint density at radius 1 is 0.970 bits per heavy atom. The molecule has 3 aliphatic heterocycles. The number of ether oxygens (including phenoxy) is 3. The smallest absolute Gasteiger partial charge is 0.410 e. The fraction of sp³-hybridized carbons (Fsp3) is 0.500. The van der Waals surface area contributed by atoms with Crippen LogP contribution in [0.3, 0.4) is 0 Å². The molecular weight excluding hydrogens is 484 g/mol. The number of nitrogens with zero attached hydrogens (tertiary/aromatic N) is 2. The van der Waals surface area contributed by atoms with Crippen molar-refractivity contribution in [3.63, 3.8) is 0 Å². The largest absolute Gasteiger partial charge is 0.485 e. The molecule has 2 saturated heterocycles. The monoisotopic (exact) mass is 514 g/mol. The number of amides is 1. The number of carbonyl (C=O) groups excluding carboxylic acids is 1. The summed E-state index contributed by atoms with van der Waals surface area (Å²) in [6.07, 6.45) is 4.10. The van der Waals surface area contributed by atoms with Crippen molar-refractivity contribution in [2.24, 2.45) is 5.92 Å². The quantitative estimate of drug-likeness (QED) is 0.533. The van der Waals surface area contributed by atoms with E-state index in [0.29, 0.717) is 19.1 Å². The number of piperidine rings is 1. The van der Waals surface area contributed by atoms with Crippen LogP contribution in [0.2, 0.25) is 0 Å². The molecule has 0 radical (unpaired) electrons. The molecule has 176 valence electrons. The van der Waals surface area contributed by atoms with Crippen molar-refractivity contribution in [1.82, 2.24) is 9.80 Å². The molecule has 0 saturated carbocycles. The lowest BCUT2D eigenvalue weighted by Crippen LogP contribution is -2.44. The van der Waals surface area contributed by atoms with Crippen molar-refractivity contribution in [3.05, 3.63) is 58.6 Å². The normalized spacial score (nSPS) is 23.5. The van der Waals surface area contributed by atoms with E-state index >= 15 is 0 Å². The number of fused-ring (bicyclic) bond motifs is 1. The van der Waals surface area contributed by atoms with Crippen LogP contribution in [0, 0.1) is 5.92 Å². The highest BCUT2D eigenvalue weighted by atomic mass is 79.9. The van der Waals surface area contributed by atoms with Crippen molar-refractivity contribution < 1.29 is 19.0 Å². The van der Waals surface area contributed by atoms with Crippen molar-refractivity contribution in [2.45, 2.75) is 37.8 Å². The van der Waals surface area contributed by atoms with Crippen LogP contribution in [-0.4, -0.2) is 67.4 Å². The predicted octanol–water partition coefficient (Wildman–Crippen LogP) is 4.75. The number of para-hydroxylation sites is 1. The molecule has 33 heavy (non-hydrogen) atoms. The number of rotatable bonds is 7. The molecule has 6 nitrogen and oxygen atoms in total. The molecule has 3 heterocycles. The molecule has 2 fully saturated rings. The van der Waals surface area contributed by atoms with Crippen LogP contribution in [0.25, 0.3) is 0 Å². The standard InChI is InChI=1S/C26H31BrN2O4/c27-23-7-4-8-24-25(23)31-18-22(33-24)16-28-12-9-19(10-13-28)11-14-29-21(17-32-26(29)30)15-20-5-2-1-3-6-20/h1-8,19,21-22H,9-18H2. The van der Waals surface area contributed by atoms with E-state index in [1.807, 2.05) is 41.3 Å². The third kappa shape index (κ3) is 5.46. The zero-order valence-corrected chi connectivity index (χ0v) is 20.4. The minimum Gasteiger partial charge on any atom is -0.485 e. The van der Waals surface area contributed by atoms with Gasteiger partial charge in [0.15, 0.2) is 11.5 Å². The summed E-state index contributed by atoms with van der Waals surface area (Å²) >= 11 is 3.52. The first-order chi connectivity index (χ1) is 16.2. The van der Waals surface area contributed by atoms with Gasteiger partial charge in [-0.25, -0.2) is 4.79 Å². The Kier molecular flexibility index (Phi) is 7.07. The first-order valence-corrected chi connectivity index (χ1v) is 12.7.